The van der Waals surface area contributed by atoms with Gasteiger partial charge in [0.15, 0.2) is 6.29 Å². The van der Waals surface area contributed by atoms with Gasteiger partial charge in [-0.1, -0.05) is 0 Å². The lowest BCUT2D eigenvalue weighted by atomic mass is 10.2. The molecule has 0 saturated carbocycles. The first kappa shape index (κ1) is 6.01. The summed E-state index contributed by atoms with van der Waals surface area (Å²) in [5.74, 6) is 0. The molecule has 1 rings (SSSR count). The molecular formula is C5H11NO2. The van der Waals surface area contributed by atoms with Crippen LogP contribution in [0.25, 0.3) is 0 Å². The van der Waals surface area contributed by atoms with Crippen molar-refractivity contribution in [2.45, 2.75) is 25.7 Å². The van der Waals surface area contributed by atoms with Crippen molar-refractivity contribution >= 4 is 0 Å². The summed E-state index contributed by atoms with van der Waals surface area (Å²) in [6.07, 6.45) is 0.145. The van der Waals surface area contributed by atoms with E-state index in [-0.39, 0.29) is 0 Å². The van der Waals surface area contributed by atoms with Gasteiger partial charge in [0.05, 0.1) is 0 Å². The smallest absolute Gasteiger partial charge is 0.176 e. The van der Waals surface area contributed by atoms with Gasteiger partial charge in [-0.2, -0.15) is 5.06 Å². The molecule has 0 spiro atoms. The van der Waals surface area contributed by atoms with Gasteiger partial charge in [0, 0.05) is 19.5 Å². The number of hydroxylamine groups is 2. The zero-order valence-corrected chi connectivity index (χ0v) is 5.16. The van der Waals surface area contributed by atoms with Gasteiger partial charge < -0.3 is 5.11 Å². The van der Waals surface area contributed by atoms with E-state index in [1.807, 2.05) is 14.0 Å². The average molecular weight is 117 g/mol. The van der Waals surface area contributed by atoms with Crippen molar-refractivity contribution in [1.82, 2.24) is 5.06 Å². The highest BCUT2D eigenvalue weighted by atomic mass is 16.8. The molecule has 0 aromatic carbocycles. The highest BCUT2D eigenvalue weighted by Crippen LogP contribution is 2.15. The molecule has 1 aliphatic heterocycles. The Kier molecular flexibility index (Phi) is 1.51. The highest BCUT2D eigenvalue weighted by Gasteiger charge is 2.24. The van der Waals surface area contributed by atoms with Crippen LogP contribution in [0.2, 0.25) is 0 Å². The fourth-order valence-corrected chi connectivity index (χ4v) is 0.779. The molecular weight excluding hydrogens is 106 g/mol. The van der Waals surface area contributed by atoms with Crippen molar-refractivity contribution in [2.24, 2.45) is 0 Å². The monoisotopic (exact) mass is 117 g/mol. The fourth-order valence-electron chi connectivity index (χ4n) is 0.779. The van der Waals surface area contributed by atoms with Gasteiger partial charge >= 0.3 is 0 Å². The minimum absolute atomic E-state index is 0.352. The second kappa shape index (κ2) is 2.01. The molecule has 8 heavy (non-hydrogen) atoms. The molecule has 0 aromatic heterocycles. The molecule has 1 aliphatic rings. The second-order valence-corrected chi connectivity index (χ2v) is 2.19. The maximum atomic E-state index is 8.81. The third-order valence-corrected chi connectivity index (χ3v) is 1.45. The summed E-state index contributed by atoms with van der Waals surface area (Å²) in [7, 11) is 1.82. The van der Waals surface area contributed by atoms with Gasteiger partial charge in [-0.05, 0) is 6.92 Å². The molecule has 3 nitrogen and oxygen atoms in total. The van der Waals surface area contributed by atoms with Crippen LogP contribution in [0.1, 0.15) is 13.3 Å². The van der Waals surface area contributed by atoms with Gasteiger partial charge in [0.2, 0.25) is 0 Å². The number of nitrogens with zero attached hydrogens (tertiary/aromatic N) is 1. The second-order valence-electron chi connectivity index (χ2n) is 2.19. The summed E-state index contributed by atoms with van der Waals surface area (Å²) in [4.78, 5) is 4.86. The van der Waals surface area contributed by atoms with E-state index in [0.29, 0.717) is 6.04 Å². The van der Waals surface area contributed by atoms with Crippen LogP contribution in [0.4, 0.5) is 0 Å². The van der Waals surface area contributed by atoms with E-state index in [4.69, 9.17) is 9.94 Å². The summed E-state index contributed by atoms with van der Waals surface area (Å²) in [6, 6.07) is 0.352. The lowest BCUT2D eigenvalue weighted by Crippen LogP contribution is -2.19. The Morgan fingerprint density at radius 2 is 2.38 bits per heavy atom. The lowest BCUT2D eigenvalue weighted by molar-refractivity contribution is -0.206. The molecule has 0 bridgehead atoms. The number of aliphatic hydroxyl groups is 1. The predicted molar refractivity (Wildman–Crippen MR) is 28.9 cm³/mol. The molecule has 48 valence electrons. The van der Waals surface area contributed by atoms with Crippen molar-refractivity contribution in [2.75, 3.05) is 7.05 Å². The van der Waals surface area contributed by atoms with Crippen molar-refractivity contribution in [3.8, 4) is 0 Å². The minimum Gasteiger partial charge on any atom is -0.366 e. The molecule has 1 fully saturated rings. The summed E-state index contributed by atoms with van der Waals surface area (Å²) in [6.45, 7) is 2.01. The molecule has 0 aromatic rings. The summed E-state index contributed by atoms with van der Waals surface area (Å²) < 4.78 is 0. The van der Waals surface area contributed by atoms with E-state index in [9.17, 15) is 0 Å². The maximum absolute atomic E-state index is 8.81. The average Bonchev–Trinajstić information content (AvgIpc) is 1.85. The Hall–Kier alpha value is -0.120. The largest absolute Gasteiger partial charge is 0.366 e. The van der Waals surface area contributed by atoms with E-state index in [1.54, 1.807) is 5.06 Å². The summed E-state index contributed by atoms with van der Waals surface area (Å²) >= 11 is 0. The van der Waals surface area contributed by atoms with Gasteiger partial charge in [0.25, 0.3) is 0 Å². The summed E-state index contributed by atoms with van der Waals surface area (Å²) in [5.41, 5.74) is 0. The van der Waals surface area contributed by atoms with Crippen LogP contribution >= 0.6 is 0 Å². The van der Waals surface area contributed by atoms with E-state index in [1.165, 1.54) is 0 Å². The zero-order valence-electron chi connectivity index (χ0n) is 5.16. The molecule has 2 atom stereocenters. The standard InChI is InChI=1S/C5H11NO2/c1-4-3-5(7)8-6(4)2/h4-5,7H,3H2,1-2H3. The van der Waals surface area contributed by atoms with E-state index in [0.717, 1.165) is 6.42 Å². The van der Waals surface area contributed by atoms with Crippen molar-refractivity contribution in [1.29, 1.82) is 0 Å². The number of rotatable bonds is 0. The van der Waals surface area contributed by atoms with Crippen LogP contribution < -0.4 is 0 Å². The molecule has 0 amide bonds. The van der Waals surface area contributed by atoms with Crippen molar-refractivity contribution < 1.29 is 9.94 Å². The quantitative estimate of drug-likeness (QED) is 0.483. The van der Waals surface area contributed by atoms with Gasteiger partial charge in [-0.15, -0.1) is 0 Å². The van der Waals surface area contributed by atoms with E-state index < -0.39 is 6.29 Å². The summed E-state index contributed by atoms with van der Waals surface area (Å²) in [5, 5.41) is 10.5. The van der Waals surface area contributed by atoms with Crippen molar-refractivity contribution in [3.63, 3.8) is 0 Å². The maximum Gasteiger partial charge on any atom is 0.176 e. The molecule has 1 saturated heterocycles. The Morgan fingerprint density at radius 1 is 1.75 bits per heavy atom. The number of hydrogen-bond acceptors (Lipinski definition) is 3. The highest BCUT2D eigenvalue weighted by molar-refractivity contribution is 4.63. The molecule has 0 aliphatic carbocycles. The van der Waals surface area contributed by atoms with Crippen LogP contribution in [0, 0.1) is 0 Å². The molecule has 1 N–H and O–H groups in total. The van der Waals surface area contributed by atoms with Gasteiger partial charge in [0.1, 0.15) is 0 Å². The predicted octanol–water partition coefficient (Wildman–Crippen LogP) is -0.0396. The number of hydrogen-bond donors (Lipinski definition) is 1. The Balaban J connectivity index is 2.39. The van der Waals surface area contributed by atoms with E-state index in [2.05, 4.69) is 0 Å². The first-order chi connectivity index (χ1) is 3.70. The third-order valence-electron chi connectivity index (χ3n) is 1.45. The molecule has 1 heterocycles. The Labute approximate surface area is 48.8 Å². The van der Waals surface area contributed by atoms with Crippen LogP contribution in [0.15, 0.2) is 0 Å². The lowest BCUT2D eigenvalue weighted by Gasteiger charge is -2.10. The van der Waals surface area contributed by atoms with E-state index >= 15 is 0 Å². The number of aliphatic hydroxyl groups excluding tert-OH is 1. The van der Waals surface area contributed by atoms with Crippen LogP contribution in [-0.4, -0.2) is 29.5 Å². The molecule has 2 unspecified atom stereocenters. The van der Waals surface area contributed by atoms with Crippen LogP contribution in [0.5, 0.6) is 0 Å². The third kappa shape index (κ3) is 0.992. The zero-order chi connectivity index (χ0) is 6.15. The van der Waals surface area contributed by atoms with Crippen LogP contribution in [0.3, 0.4) is 0 Å². The van der Waals surface area contributed by atoms with Gasteiger partial charge in [-0.3, -0.25) is 4.84 Å². The molecule has 3 heteroatoms. The molecule has 0 radical (unpaired) electrons. The Bertz CT molecular complexity index is 76.5. The topological polar surface area (TPSA) is 32.7 Å². The van der Waals surface area contributed by atoms with Crippen LogP contribution in [-0.2, 0) is 4.84 Å². The first-order valence-corrected chi connectivity index (χ1v) is 2.78. The van der Waals surface area contributed by atoms with Gasteiger partial charge in [-0.25, -0.2) is 0 Å². The van der Waals surface area contributed by atoms with Crippen molar-refractivity contribution in [3.05, 3.63) is 0 Å². The Morgan fingerprint density at radius 3 is 2.50 bits per heavy atom. The normalized spacial score (nSPS) is 40.9. The SMILES string of the molecule is CC1CC(O)ON1C. The minimum atomic E-state index is -0.574. The first-order valence-electron chi connectivity index (χ1n) is 2.78. The fraction of sp³-hybridized carbons (Fsp3) is 1.00.